The zero-order valence-corrected chi connectivity index (χ0v) is 17.1. The molecule has 0 saturated carbocycles. The van der Waals surface area contributed by atoms with E-state index in [2.05, 4.69) is 10.3 Å². The van der Waals surface area contributed by atoms with E-state index in [1.807, 2.05) is 42.2 Å². The van der Waals surface area contributed by atoms with Gasteiger partial charge in [0.2, 0.25) is 0 Å². The highest BCUT2D eigenvalue weighted by atomic mass is 32.1. The Kier molecular flexibility index (Phi) is 5.71. The molecule has 1 fully saturated rings. The lowest BCUT2D eigenvalue weighted by Crippen LogP contribution is -2.40. The molecule has 1 aliphatic heterocycles. The van der Waals surface area contributed by atoms with Gasteiger partial charge in [-0.1, -0.05) is 18.2 Å². The monoisotopic (exact) mass is 409 g/mol. The average Bonchev–Trinajstić information content (AvgIpc) is 3.44. The van der Waals surface area contributed by atoms with Crippen LogP contribution in [0.5, 0.6) is 0 Å². The van der Waals surface area contributed by atoms with Crippen LogP contribution in [0.1, 0.15) is 52.2 Å². The van der Waals surface area contributed by atoms with Crippen LogP contribution in [0.4, 0.5) is 0 Å². The largest absolute Gasteiger partial charge is 0.352 e. The minimum absolute atomic E-state index is 0.00824. The second-order valence-corrected chi connectivity index (χ2v) is 7.75. The van der Waals surface area contributed by atoms with Crippen LogP contribution in [0.2, 0.25) is 0 Å². The summed E-state index contributed by atoms with van der Waals surface area (Å²) in [5.41, 5.74) is 4.37. The van der Waals surface area contributed by atoms with Gasteiger partial charge in [-0.15, -0.1) is 11.3 Å². The van der Waals surface area contributed by atoms with Gasteiger partial charge < -0.3 is 10.2 Å². The van der Waals surface area contributed by atoms with E-state index in [1.54, 1.807) is 21.8 Å². The molecule has 1 atom stereocenters. The first-order valence-electron chi connectivity index (χ1n) is 9.78. The fraction of sp³-hybridized carbons (Fsp3) is 0.333. The molecule has 3 heterocycles. The molecule has 0 aliphatic carbocycles. The van der Waals surface area contributed by atoms with E-state index in [0.717, 1.165) is 24.2 Å². The lowest BCUT2D eigenvalue weighted by molar-refractivity contribution is 0.0700. The summed E-state index contributed by atoms with van der Waals surface area (Å²) < 4.78 is 1.75. The van der Waals surface area contributed by atoms with E-state index >= 15 is 0 Å². The number of nitrogens with one attached hydrogen (secondary N) is 1. The second-order valence-electron chi connectivity index (χ2n) is 7.03. The number of hydrogen-bond donors (Lipinski definition) is 1. The summed E-state index contributed by atoms with van der Waals surface area (Å²) in [6.45, 7) is 3.68. The summed E-state index contributed by atoms with van der Waals surface area (Å²) in [6.07, 6.45) is 3.55. The minimum Gasteiger partial charge on any atom is -0.352 e. The molecule has 2 aromatic heterocycles. The second kappa shape index (κ2) is 8.57. The molecule has 4 rings (SSSR count). The summed E-state index contributed by atoms with van der Waals surface area (Å²) in [5.74, 6) is -0.181. The molecule has 0 unspecified atom stereocenters. The van der Waals surface area contributed by atoms with E-state index in [0.29, 0.717) is 30.9 Å². The Hall–Kier alpha value is -3.00. The molecule has 3 aromatic rings. The number of carbonyl (C=O) groups is 2. The van der Waals surface area contributed by atoms with Gasteiger partial charge in [-0.2, -0.15) is 5.10 Å². The molecule has 1 aromatic carbocycles. The topological polar surface area (TPSA) is 80.1 Å². The molecule has 0 spiro atoms. The van der Waals surface area contributed by atoms with Crippen LogP contribution in [0.15, 0.2) is 47.4 Å². The molecule has 8 heteroatoms. The third kappa shape index (κ3) is 4.07. The van der Waals surface area contributed by atoms with E-state index in [4.69, 9.17) is 5.10 Å². The van der Waals surface area contributed by atoms with Crippen molar-refractivity contribution in [2.75, 3.05) is 19.6 Å². The van der Waals surface area contributed by atoms with E-state index < -0.39 is 0 Å². The third-order valence-electron chi connectivity index (χ3n) is 5.09. The molecule has 1 N–H and O–H groups in total. The summed E-state index contributed by atoms with van der Waals surface area (Å²) in [5, 5.41) is 9.42. The summed E-state index contributed by atoms with van der Waals surface area (Å²) in [4.78, 5) is 31.4. The van der Waals surface area contributed by atoms with E-state index in [-0.39, 0.29) is 17.7 Å². The zero-order chi connectivity index (χ0) is 20.2. The molecule has 7 nitrogen and oxygen atoms in total. The Morgan fingerprint density at radius 2 is 2.10 bits per heavy atom. The number of hydrogen-bond acceptors (Lipinski definition) is 5. The molecule has 29 heavy (non-hydrogen) atoms. The van der Waals surface area contributed by atoms with Gasteiger partial charge in [-0.3, -0.25) is 9.59 Å². The Bertz CT molecular complexity index is 984. The predicted octanol–water partition coefficient (Wildman–Crippen LogP) is 3.10. The van der Waals surface area contributed by atoms with Crippen molar-refractivity contribution in [3.8, 4) is 5.69 Å². The molecule has 1 aliphatic rings. The van der Waals surface area contributed by atoms with Crippen molar-refractivity contribution < 1.29 is 9.59 Å². The zero-order valence-electron chi connectivity index (χ0n) is 16.2. The van der Waals surface area contributed by atoms with Gasteiger partial charge in [0.05, 0.1) is 22.5 Å². The Morgan fingerprint density at radius 1 is 1.28 bits per heavy atom. The van der Waals surface area contributed by atoms with Crippen LogP contribution < -0.4 is 5.32 Å². The van der Waals surface area contributed by atoms with Gasteiger partial charge in [0, 0.05) is 37.1 Å². The van der Waals surface area contributed by atoms with Crippen molar-refractivity contribution in [1.29, 1.82) is 0 Å². The van der Waals surface area contributed by atoms with Crippen molar-refractivity contribution in [2.45, 2.75) is 25.7 Å². The Balaban J connectivity index is 1.64. The minimum atomic E-state index is -0.132. The fourth-order valence-electron chi connectivity index (χ4n) is 3.70. The normalized spacial score (nSPS) is 16.6. The van der Waals surface area contributed by atoms with Gasteiger partial charge in [-0.05, 0) is 31.9 Å². The van der Waals surface area contributed by atoms with Crippen molar-refractivity contribution >= 4 is 23.2 Å². The van der Waals surface area contributed by atoms with Gasteiger partial charge in [0.25, 0.3) is 11.8 Å². The van der Waals surface area contributed by atoms with Crippen LogP contribution >= 0.6 is 11.3 Å². The first kappa shape index (κ1) is 19.3. The quantitative estimate of drug-likeness (QED) is 0.702. The van der Waals surface area contributed by atoms with Crippen molar-refractivity contribution in [3.63, 3.8) is 0 Å². The standard InChI is InChI=1S/C21H23N5O2S/c1-2-22-20(27)17-12-26(16-8-4-3-5-9-16)24-19(17)15-7-6-10-25(11-15)21(28)18-13-29-14-23-18/h3-5,8-9,12-15H,2,6-7,10-11H2,1H3,(H,22,27)/t15-/m1/s1. The summed E-state index contributed by atoms with van der Waals surface area (Å²) >= 11 is 1.41. The highest BCUT2D eigenvalue weighted by molar-refractivity contribution is 7.07. The highest BCUT2D eigenvalue weighted by Crippen LogP contribution is 2.30. The number of piperidine rings is 1. The van der Waals surface area contributed by atoms with Crippen LogP contribution in [-0.4, -0.2) is 51.1 Å². The van der Waals surface area contributed by atoms with Crippen LogP contribution in [0.25, 0.3) is 5.69 Å². The number of thiazole rings is 1. The van der Waals surface area contributed by atoms with Gasteiger partial charge in [0.1, 0.15) is 5.69 Å². The van der Waals surface area contributed by atoms with Crippen LogP contribution in [-0.2, 0) is 0 Å². The molecule has 1 saturated heterocycles. The average molecular weight is 410 g/mol. The first-order valence-corrected chi connectivity index (χ1v) is 10.7. The number of rotatable bonds is 5. The number of benzene rings is 1. The maximum absolute atomic E-state index is 12.8. The fourth-order valence-corrected chi connectivity index (χ4v) is 4.22. The number of likely N-dealkylation sites (tertiary alicyclic amines) is 1. The lowest BCUT2D eigenvalue weighted by atomic mass is 9.92. The third-order valence-corrected chi connectivity index (χ3v) is 5.68. The van der Waals surface area contributed by atoms with Crippen molar-refractivity contribution in [2.24, 2.45) is 0 Å². The molecular formula is C21H23N5O2S. The van der Waals surface area contributed by atoms with Gasteiger partial charge in [0.15, 0.2) is 0 Å². The molecule has 0 bridgehead atoms. The number of carbonyl (C=O) groups excluding carboxylic acids is 2. The summed E-state index contributed by atoms with van der Waals surface area (Å²) in [6, 6.07) is 9.74. The molecule has 0 radical (unpaired) electrons. The predicted molar refractivity (Wildman–Crippen MR) is 112 cm³/mol. The van der Waals surface area contributed by atoms with Crippen LogP contribution in [0.3, 0.4) is 0 Å². The Labute approximate surface area is 173 Å². The van der Waals surface area contributed by atoms with E-state index in [1.165, 1.54) is 11.3 Å². The van der Waals surface area contributed by atoms with Gasteiger partial charge in [-0.25, -0.2) is 9.67 Å². The maximum atomic E-state index is 12.8. The number of para-hydroxylation sites is 1. The van der Waals surface area contributed by atoms with Crippen molar-refractivity contribution in [1.82, 2.24) is 25.0 Å². The Morgan fingerprint density at radius 3 is 2.83 bits per heavy atom. The van der Waals surface area contributed by atoms with Crippen molar-refractivity contribution in [3.05, 3.63) is 64.4 Å². The van der Waals surface area contributed by atoms with Gasteiger partial charge >= 0.3 is 0 Å². The maximum Gasteiger partial charge on any atom is 0.273 e. The summed E-state index contributed by atoms with van der Waals surface area (Å²) in [7, 11) is 0. The number of amides is 2. The van der Waals surface area contributed by atoms with E-state index in [9.17, 15) is 9.59 Å². The highest BCUT2D eigenvalue weighted by Gasteiger charge is 2.31. The molecule has 150 valence electrons. The lowest BCUT2D eigenvalue weighted by Gasteiger charge is -2.32. The number of aromatic nitrogens is 3. The SMILES string of the molecule is CCNC(=O)c1cn(-c2ccccc2)nc1[C@@H]1CCCN(C(=O)c2cscn2)C1. The first-order chi connectivity index (χ1) is 14.2. The smallest absolute Gasteiger partial charge is 0.273 e. The van der Waals surface area contributed by atoms with Crippen LogP contribution in [0, 0.1) is 0 Å². The molecular weight excluding hydrogens is 386 g/mol. The molecule has 2 amide bonds. The number of nitrogens with zero attached hydrogens (tertiary/aromatic N) is 4.